The second-order valence-electron chi connectivity index (χ2n) is 9.32. The first-order valence-electron chi connectivity index (χ1n) is 10.5. The van der Waals surface area contributed by atoms with Crippen molar-refractivity contribution in [1.82, 2.24) is 20.1 Å². The molecule has 0 radical (unpaired) electrons. The normalized spacial score (nSPS) is 19.9. The summed E-state index contributed by atoms with van der Waals surface area (Å²) < 4.78 is 34.7. The lowest BCUT2D eigenvalue weighted by Crippen LogP contribution is -2.52. The van der Waals surface area contributed by atoms with Gasteiger partial charge in [-0.05, 0) is 24.0 Å². The molecule has 0 aliphatic carbocycles. The van der Waals surface area contributed by atoms with Gasteiger partial charge in [0.05, 0.1) is 18.6 Å². The van der Waals surface area contributed by atoms with Gasteiger partial charge < -0.3 is 15.0 Å². The molecule has 8 nitrogen and oxygen atoms in total. The SMILES string of the molecule is CC(C(=O)Nc1ccc(OCC(C)(C)C)nn1)N1CCC(F)(F)[C@@H](c2ccc(=O)[nH]c2)C1. The fraction of sp³-hybridized carbons (Fsp3) is 0.545. The summed E-state index contributed by atoms with van der Waals surface area (Å²) in [5.41, 5.74) is -0.0423. The Kier molecular flexibility index (Phi) is 6.92. The van der Waals surface area contributed by atoms with E-state index in [1.54, 1.807) is 24.0 Å². The number of aromatic nitrogens is 3. The maximum absolute atomic E-state index is 14.6. The van der Waals surface area contributed by atoms with Crippen molar-refractivity contribution in [3.8, 4) is 5.88 Å². The number of halogens is 2. The molecule has 2 aromatic heterocycles. The molecule has 2 atom stereocenters. The van der Waals surface area contributed by atoms with Crippen LogP contribution in [-0.4, -0.2) is 57.6 Å². The Morgan fingerprint density at radius 1 is 1.31 bits per heavy atom. The van der Waals surface area contributed by atoms with Crippen LogP contribution in [-0.2, 0) is 4.79 Å². The molecule has 0 bridgehead atoms. The van der Waals surface area contributed by atoms with Crippen LogP contribution in [0.3, 0.4) is 0 Å². The van der Waals surface area contributed by atoms with Gasteiger partial charge in [0.2, 0.25) is 17.3 Å². The third-order valence-electron chi connectivity index (χ3n) is 5.34. The third kappa shape index (κ3) is 6.09. The van der Waals surface area contributed by atoms with E-state index in [1.165, 1.54) is 18.3 Å². The number of amides is 1. The minimum atomic E-state index is -2.93. The number of nitrogens with one attached hydrogen (secondary N) is 2. The first kappa shape index (κ1) is 23.8. The molecule has 3 rings (SSSR count). The zero-order valence-corrected chi connectivity index (χ0v) is 18.7. The number of alkyl halides is 2. The van der Waals surface area contributed by atoms with Crippen molar-refractivity contribution in [2.75, 3.05) is 25.0 Å². The zero-order valence-electron chi connectivity index (χ0n) is 18.7. The van der Waals surface area contributed by atoms with Gasteiger partial charge in [-0.25, -0.2) is 8.78 Å². The van der Waals surface area contributed by atoms with Crippen molar-refractivity contribution >= 4 is 11.7 Å². The lowest BCUT2D eigenvalue weighted by Gasteiger charge is -2.40. The number of rotatable bonds is 6. The minimum Gasteiger partial charge on any atom is -0.476 e. The number of nitrogens with zero attached hydrogens (tertiary/aromatic N) is 3. The van der Waals surface area contributed by atoms with E-state index in [2.05, 4.69) is 20.5 Å². The number of carbonyl (C=O) groups is 1. The fourth-order valence-corrected chi connectivity index (χ4v) is 3.42. The van der Waals surface area contributed by atoms with E-state index in [0.717, 1.165) is 0 Å². The molecular weight excluding hydrogens is 420 g/mol. The van der Waals surface area contributed by atoms with Crippen LogP contribution >= 0.6 is 0 Å². The van der Waals surface area contributed by atoms with E-state index in [1.807, 2.05) is 20.8 Å². The predicted molar refractivity (Wildman–Crippen MR) is 116 cm³/mol. The molecule has 1 unspecified atom stereocenters. The molecule has 2 aromatic rings. The first-order chi connectivity index (χ1) is 14.9. The Labute approximate surface area is 185 Å². The smallest absolute Gasteiger partial charge is 0.257 e. The maximum Gasteiger partial charge on any atom is 0.257 e. The summed E-state index contributed by atoms with van der Waals surface area (Å²) in [4.78, 5) is 28.1. The molecule has 174 valence electrons. The van der Waals surface area contributed by atoms with Crippen LogP contribution < -0.4 is 15.6 Å². The van der Waals surface area contributed by atoms with E-state index in [9.17, 15) is 18.4 Å². The summed E-state index contributed by atoms with van der Waals surface area (Å²) in [6.45, 7) is 8.31. The van der Waals surface area contributed by atoms with Crippen molar-refractivity contribution in [3.63, 3.8) is 0 Å². The van der Waals surface area contributed by atoms with Crippen molar-refractivity contribution < 1.29 is 18.3 Å². The first-order valence-corrected chi connectivity index (χ1v) is 10.5. The van der Waals surface area contributed by atoms with Gasteiger partial charge in [-0.2, -0.15) is 0 Å². The molecule has 0 saturated carbocycles. The van der Waals surface area contributed by atoms with E-state index in [0.29, 0.717) is 18.1 Å². The average Bonchev–Trinajstić information content (AvgIpc) is 2.73. The van der Waals surface area contributed by atoms with E-state index < -0.39 is 17.9 Å². The number of piperidine rings is 1. The highest BCUT2D eigenvalue weighted by molar-refractivity contribution is 5.93. The Balaban J connectivity index is 1.62. The van der Waals surface area contributed by atoms with Gasteiger partial charge in [0.1, 0.15) is 0 Å². The van der Waals surface area contributed by atoms with Crippen LogP contribution in [0.15, 0.2) is 35.3 Å². The number of carbonyl (C=O) groups excluding carboxylic acids is 1. The lowest BCUT2D eigenvalue weighted by molar-refractivity contribution is -0.125. The highest BCUT2D eigenvalue weighted by Gasteiger charge is 2.46. The highest BCUT2D eigenvalue weighted by atomic mass is 19.3. The number of anilines is 1. The van der Waals surface area contributed by atoms with Crippen LogP contribution in [0.4, 0.5) is 14.6 Å². The van der Waals surface area contributed by atoms with Crippen molar-refractivity contribution in [3.05, 3.63) is 46.4 Å². The van der Waals surface area contributed by atoms with Crippen LogP contribution in [0.2, 0.25) is 0 Å². The Morgan fingerprint density at radius 3 is 2.66 bits per heavy atom. The number of hydrogen-bond acceptors (Lipinski definition) is 6. The number of hydrogen-bond donors (Lipinski definition) is 2. The molecule has 2 N–H and O–H groups in total. The topological polar surface area (TPSA) is 100 Å². The fourth-order valence-electron chi connectivity index (χ4n) is 3.42. The Hall–Kier alpha value is -2.88. The van der Waals surface area contributed by atoms with Gasteiger partial charge in [0.25, 0.3) is 5.92 Å². The van der Waals surface area contributed by atoms with Crippen molar-refractivity contribution in [2.45, 2.75) is 52.0 Å². The highest BCUT2D eigenvalue weighted by Crippen LogP contribution is 2.40. The van der Waals surface area contributed by atoms with E-state index >= 15 is 0 Å². The summed E-state index contributed by atoms with van der Waals surface area (Å²) in [5, 5.41) is 10.6. The Bertz CT molecular complexity index is 968. The van der Waals surface area contributed by atoms with Crippen LogP contribution in [0.5, 0.6) is 5.88 Å². The third-order valence-corrected chi connectivity index (χ3v) is 5.34. The van der Waals surface area contributed by atoms with Gasteiger partial charge >= 0.3 is 0 Å². The number of H-pyrrole nitrogens is 1. The molecular formula is C22H29F2N5O3. The van der Waals surface area contributed by atoms with Crippen molar-refractivity contribution in [2.24, 2.45) is 5.41 Å². The summed E-state index contributed by atoms with van der Waals surface area (Å²) in [5.74, 6) is -3.81. The summed E-state index contributed by atoms with van der Waals surface area (Å²) in [6, 6.07) is 5.18. The molecule has 10 heteroatoms. The molecule has 0 spiro atoms. The lowest BCUT2D eigenvalue weighted by atomic mass is 9.87. The van der Waals surface area contributed by atoms with Gasteiger partial charge in [-0.15, -0.1) is 10.2 Å². The minimum absolute atomic E-state index is 0.0150. The largest absolute Gasteiger partial charge is 0.476 e. The second kappa shape index (κ2) is 9.32. The molecule has 1 fully saturated rings. The molecule has 1 aliphatic rings. The van der Waals surface area contributed by atoms with Gasteiger partial charge in [0, 0.05) is 37.8 Å². The number of pyridine rings is 1. The van der Waals surface area contributed by atoms with Crippen LogP contribution in [0.25, 0.3) is 0 Å². The maximum atomic E-state index is 14.6. The van der Waals surface area contributed by atoms with Gasteiger partial charge in [-0.1, -0.05) is 26.8 Å². The summed E-state index contributed by atoms with van der Waals surface area (Å²) >= 11 is 0. The average molecular weight is 450 g/mol. The zero-order chi connectivity index (χ0) is 23.5. The molecule has 1 aliphatic heterocycles. The molecule has 3 heterocycles. The van der Waals surface area contributed by atoms with Crippen molar-refractivity contribution in [1.29, 1.82) is 0 Å². The molecule has 1 amide bonds. The molecule has 32 heavy (non-hydrogen) atoms. The van der Waals surface area contributed by atoms with E-state index in [-0.39, 0.29) is 42.2 Å². The monoisotopic (exact) mass is 449 g/mol. The van der Waals surface area contributed by atoms with E-state index in [4.69, 9.17) is 4.74 Å². The predicted octanol–water partition coefficient (Wildman–Crippen LogP) is 3.04. The summed E-state index contributed by atoms with van der Waals surface area (Å²) in [7, 11) is 0. The Morgan fingerprint density at radius 2 is 2.06 bits per heavy atom. The number of likely N-dealkylation sites (tertiary alicyclic amines) is 1. The molecule has 0 aromatic carbocycles. The standard InChI is InChI=1S/C22H29F2N5O3/c1-14(20(31)26-17-6-8-19(28-27-17)32-13-21(2,3)4)29-10-9-22(23,24)16(12-29)15-5-7-18(30)25-11-15/h5-8,11,14,16H,9-10,12-13H2,1-4H3,(H,25,30)(H,26,27,31)/t14?,16-/m1/s1. The summed E-state index contributed by atoms with van der Waals surface area (Å²) in [6.07, 6.45) is 0.933. The number of aromatic amines is 1. The number of ether oxygens (including phenoxy) is 1. The quantitative estimate of drug-likeness (QED) is 0.703. The van der Waals surface area contributed by atoms with Gasteiger partial charge in [0.15, 0.2) is 5.82 Å². The van der Waals surface area contributed by atoms with Gasteiger partial charge in [-0.3, -0.25) is 14.5 Å². The van der Waals surface area contributed by atoms with Crippen LogP contribution in [0, 0.1) is 5.41 Å². The van der Waals surface area contributed by atoms with Crippen LogP contribution in [0.1, 0.15) is 45.6 Å². The second-order valence-corrected chi connectivity index (χ2v) is 9.32. The molecule has 1 saturated heterocycles.